The van der Waals surface area contributed by atoms with Crippen LogP contribution in [0.15, 0.2) is 16.8 Å². The van der Waals surface area contributed by atoms with Crippen molar-refractivity contribution in [3.05, 3.63) is 16.9 Å². The van der Waals surface area contributed by atoms with E-state index in [0.29, 0.717) is 6.42 Å². The monoisotopic (exact) mass is 286 g/mol. The van der Waals surface area contributed by atoms with E-state index in [1.807, 2.05) is 0 Å². The maximum Gasteiger partial charge on any atom is 0.114 e. The Morgan fingerprint density at radius 2 is 2.20 bits per heavy atom. The maximum atomic E-state index is 10.9. The van der Waals surface area contributed by atoms with Crippen LogP contribution >= 0.6 is 0 Å². The second-order valence-electron chi connectivity index (χ2n) is 5.70. The fraction of sp³-hybridized carbons (Fsp3) is 0.769. The summed E-state index contributed by atoms with van der Waals surface area (Å²) in [5.41, 5.74) is 0.247. The van der Waals surface area contributed by atoms with Gasteiger partial charge in [-0.2, -0.15) is 0 Å². The zero-order valence-electron chi connectivity index (χ0n) is 11.4. The molecule has 1 saturated heterocycles. The van der Waals surface area contributed by atoms with Crippen molar-refractivity contribution in [1.29, 1.82) is 0 Å². The van der Waals surface area contributed by atoms with Crippen molar-refractivity contribution in [1.82, 2.24) is 0 Å². The number of allylic oxidation sites excluding steroid dienone is 1. The molecule has 1 fully saturated rings. The van der Waals surface area contributed by atoms with Gasteiger partial charge in [-0.3, -0.25) is 0 Å². The number of ether oxygens (including phenoxy) is 1. The molecule has 2 bridgehead atoms. The van der Waals surface area contributed by atoms with Gasteiger partial charge in [0.05, 0.1) is 18.3 Å². The molecule has 0 spiro atoms. The van der Waals surface area contributed by atoms with Gasteiger partial charge in [-0.05, 0) is 31.9 Å². The van der Waals surface area contributed by atoms with Crippen LogP contribution in [0.5, 0.6) is 0 Å². The third kappa shape index (κ3) is 2.36. The summed E-state index contributed by atoms with van der Waals surface area (Å²) < 4.78 is 5.75. The Labute approximate surface area is 116 Å². The lowest BCUT2D eigenvalue weighted by Crippen LogP contribution is -2.61. The molecule has 20 heavy (non-hydrogen) atoms. The standard InChI is InChI=1S/C13H21NO6/c1-6-3-8(14-19)7-4-13(6,2)20-12(10(7)17)11(18)9(16)5-15/h3,7,9-12,15-19H,4-5H2,1-2H3/p-1/b14-8-/t7-,9+,10-,11-,12+,13+/m0/s1. The zero-order chi connectivity index (χ0) is 15.1. The molecule has 1 aliphatic carbocycles. The Hall–Kier alpha value is -0.990. The minimum absolute atomic E-state index is 0.214. The molecule has 0 aromatic rings. The topological polar surface area (TPSA) is 126 Å². The highest BCUT2D eigenvalue weighted by atomic mass is 16.5. The van der Waals surface area contributed by atoms with Crippen molar-refractivity contribution in [2.24, 2.45) is 11.1 Å². The molecule has 0 amide bonds. The molecule has 1 heterocycles. The minimum atomic E-state index is -1.45. The summed E-state index contributed by atoms with van der Waals surface area (Å²) in [7, 11) is 0. The number of aliphatic hydroxyl groups is 4. The number of hydrogen-bond donors (Lipinski definition) is 4. The summed E-state index contributed by atoms with van der Waals surface area (Å²) in [6, 6.07) is 0. The van der Waals surface area contributed by atoms with Crippen molar-refractivity contribution in [3.63, 3.8) is 0 Å². The smallest absolute Gasteiger partial charge is 0.114 e. The molecule has 0 saturated carbocycles. The van der Waals surface area contributed by atoms with Crippen LogP contribution in [0.3, 0.4) is 0 Å². The summed E-state index contributed by atoms with van der Waals surface area (Å²) in [5, 5.41) is 52.5. The molecule has 0 aromatic heterocycles. The summed E-state index contributed by atoms with van der Waals surface area (Å²) >= 11 is 0. The SMILES string of the molecule is CC1=C/C(=N/[O-])[C@@H]2C[C@@]1(C)O[C@@H]([C@@H](O)[C@H](O)CO)[C@H]2O. The van der Waals surface area contributed by atoms with Gasteiger partial charge in [-0.15, -0.1) is 0 Å². The van der Waals surface area contributed by atoms with Crippen LogP contribution in [0.25, 0.3) is 0 Å². The molecule has 0 unspecified atom stereocenters. The van der Waals surface area contributed by atoms with E-state index in [9.17, 15) is 20.5 Å². The highest BCUT2D eigenvalue weighted by molar-refractivity contribution is 5.99. The molecular formula is C13H20NO6-. The third-order valence-corrected chi connectivity index (χ3v) is 4.36. The lowest BCUT2D eigenvalue weighted by Gasteiger charge is -2.50. The van der Waals surface area contributed by atoms with Crippen molar-refractivity contribution >= 4 is 5.71 Å². The largest absolute Gasteiger partial charge is 0.792 e. The van der Waals surface area contributed by atoms with Crippen LogP contribution in [0.1, 0.15) is 20.3 Å². The molecule has 1 aliphatic heterocycles. The molecule has 7 heteroatoms. The van der Waals surface area contributed by atoms with Gasteiger partial charge in [0.1, 0.15) is 18.3 Å². The molecule has 7 nitrogen and oxygen atoms in total. The molecular weight excluding hydrogens is 266 g/mol. The number of fused-ring (bicyclic) bond motifs is 2. The van der Waals surface area contributed by atoms with Gasteiger partial charge < -0.3 is 35.5 Å². The predicted molar refractivity (Wildman–Crippen MR) is 71.1 cm³/mol. The second kappa shape index (κ2) is 5.42. The fourth-order valence-electron chi connectivity index (χ4n) is 2.90. The average molecular weight is 286 g/mol. The molecule has 2 rings (SSSR count). The van der Waals surface area contributed by atoms with Gasteiger partial charge in [0.15, 0.2) is 0 Å². The van der Waals surface area contributed by atoms with Crippen LogP contribution < -0.4 is 0 Å². The normalized spacial score (nSPS) is 42.2. The first-order valence-corrected chi connectivity index (χ1v) is 6.56. The van der Waals surface area contributed by atoms with E-state index in [1.54, 1.807) is 19.9 Å². The quantitative estimate of drug-likeness (QED) is 0.499. The van der Waals surface area contributed by atoms with Crippen LogP contribution in [-0.4, -0.2) is 62.8 Å². The van der Waals surface area contributed by atoms with Gasteiger partial charge in [-0.25, -0.2) is 0 Å². The van der Waals surface area contributed by atoms with Crippen LogP contribution in [0.4, 0.5) is 0 Å². The molecule has 114 valence electrons. The van der Waals surface area contributed by atoms with E-state index in [-0.39, 0.29) is 5.71 Å². The summed E-state index contributed by atoms with van der Waals surface area (Å²) in [6.07, 6.45) is -3.16. The summed E-state index contributed by atoms with van der Waals surface area (Å²) in [6.45, 7) is 2.93. The summed E-state index contributed by atoms with van der Waals surface area (Å²) in [4.78, 5) is 0. The lowest BCUT2D eigenvalue weighted by molar-refractivity contribution is -0.217. The molecule has 0 aromatic carbocycles. The van der Waals surface area contributed by atoms with E-state index in [4.69, 9.17) is 9.84 Å². The van der Waals surface area contributed by atoms with Gasteiger partial charge >= 0.3 is 0 Å². The van der Waals surface area contributed by atoms with Crippen molar-refractivity contribution in [2.45, 2.75) is 50.3 Å². The first-order chi connectivity index (χ1) is 9.34. The summed E-state index contributed by atoms with van der Waals surface area (Å²) in [5.74, 6) is -0.555. The van der Waals surface area contributed by atoms with Crippen molar-refractivity contribution < 1.29 is 25.2 Å². The predicted octanol–water partition coefficient (Wildman–Crippen LogP) is -0.876. The van der Waals surface area contributed by atoms with Gasteiger partial charge in [0.25, 0.3) is 0 Å². The second-order valence-corrected chi connectivity index (χ2v) is 5.70. The Morgan fingerprint density at radius 1 is 1.55 bits per heavy atom. The number of rotatable bonds is 3. The van der Waals surface area contributed by atoms with E-state index >= 15 is 0 Å². The van der Waals surface area contributed by atoms with Crippen LogP contribution in [-0.2, 0) is 4.74 Å². The van der Waals surface area contributed by atoms with E-state index in [0.717, 1.165) is 5.57 Å². The third-order valence-electron chi connectivity index (χ3n) is 4.36. The van der Waals surface area contributed by atoms with E-state index in [1.165, 1.54) is 0 Å². The highest BCUT2D eigenvalue weighted by Gasteiger charge is 2.51. The van der Waals surface area contributed by atoms with Crippen LogP contribution in [0, 0.1) is 11.1 Å². The van der Waals surface area contributed by atoms with Crippen LogP contribution in [0.2, 0.25) is 0 Å². The van der Waals surface area contributed by atoms with E-state index in [2.05, 4.69) is 5.16 Å². The molecule has 6 atom stereocenters. The van der Waals surface area contributed by atoms with Gasteiger partial charge in [0, 0.05) is 11.6 Å². The Balaban J connectivity index is 2.35. The zero-order valence-corrected chi connectivity index (χ0v) is 11.4. The molecule has 2 aliphatic rings. The first-order valence-electron chi connectivity index (χ1n) is 6.56. The fourth-order valence-corrected chi connectivity index (χ4v) is 2.90. The Kier molecular flexibility index (Phi) is 4.17. The Bertz CT molecular complexity index is 437. The van der Waals surface area contributed by atoms with Gasteiger partial charge in [-0.1, -0.05) is 0 Å². The Morgan fingerprint density at radius 3 is 2.75 bits per heavy atom. The number of hydrogen-bond acceptors (Lipinski definition) is 7. The molecule has 0 radical (unpaired) electrons. The highest BCUT2D eigenvalue weighted by Crippen LogP contribution is 2.43. The van der Waals surface area contributed by atoms with Gasteiger partial charge in [0.2, 0.25) is 0 Å². The number of aliphatic hydroxyl groups excluding tert-OH is 4. The number of nitrogens with zero attached hydrogens (tertiary/aromatic N) is 1. The first kappa shape index (κ1) is 15.4. The van der Waals surface area contributed by atoms with Crippen molar-refractivity contribution in [2.75, 3.05) is 6.61 Å². The van der Waals surface area contributed by atoms with Crippen molar-refractivity contribution in [3.8, 4) is 0 Å². The maximum absolute atomic E-state index is 10.9. The lowest BCUT2D eigenvalue weighted by atomic mass is 9.71. The molecule has 4 N–H and O–H groups in total. The minimum Gasteiger partial charge on any atom is -0.792 e. The van der Waals surface area contributed by atoms with E-state index < -0.39 is 42.5 Å². The average Bonchev–Trinajstić information content (AvgIpc) is 2.44.